The topological polar surface area (TPSA) is 38.0 Å². The molecule has 1 heterocycles. The fraction of sp³-hybridized carbons (Fsp3) is 0.786. The summed E-state index contributed by atoms with van der Waals surface area (Å²) in [6.45, 7) is 0. The molecule has 1 aliphatic carbocycles. The maximum absolute atomic E-state index is 9.99. The molecular formula is C14H24N2O. The van der Waals surface area contributed by atoms with E-state index >= 15 is 0 Å². The second kappa shape index (κ2) is 6.20. The standard InChI is InChI=1S/C14H24N2O/c1-16-10-9-13(15-16)11-14(17)8-7-12-5-3-2-4-6-12/h9-10,12,14,17H,2-8,11H2,1H3. The van der Waals surface area contributed by atoms with Gasteiger partial charge in [0.25, 0.3) is 0 Å². The lowest BCUT2D eigenvalue weighted by molar-refractivity contribution is 0.148. The zero-order valence-electron chi connectivity index (χ0n) is 10.8. The zero-order chi connectivity index (χ0) is 12.1. The molecule has 1 aliphatic rings. The van der Waals surface area contributed by atoms with Crippen LogP contribution in [0.3, 0.4) is 0 Å². The smallest absolute Gasteiger partial charge is 0.0650 e. The SMILES string of the molecule is Cn1ccc(CC(O)CCC2CCCCC2)n1. The third kappa shape index (κ3) is 4.15. The maximum Gasteiger partial charge on any atom is 0.0650 e. The van der Waals surface area contributed by atoms with Gasteiger partial charge in [-0.1, -0.05) is 32.1 Å². The lowest BCUT2D eigenvalue weighted by atomic mass is 9.85. The van der Waals surface area contributed by atoms with Gasteiger partial charge < -0.3 is 5.11 Å². The first-order valence-corrected chi connectivity index (χ1v) is 6.90. The van der Waals surface area contributed by atoms with Gasteiger partial charge in [0, 0.05) is 19.7 Å². The summed E-state index contributed by atoms with van der Waals surface area (Å²) in [4.78, 5) is 0. The van der Waals surface area contributed by atoms with Crippen LogP contribution in [0, 0.1) is 5.92 Å². The van der Waals surface area contributed by atoms with Crippen molar-refractivity contribution in [2.24, 2.45) is 13.0 Å². The zero-order valence-corrected chi connectivity index (χ0v) is 10.8. The highest BCUT2D eigenvalue weighted by Gasteiger charge is 2.15. The van der Waals surface area contributed by atoms with Crippen molar-refractivity contribution in [2.75, 3.05) is 0 Å². The van der Waals surface area contributed by atoms with Gasteiger partial charge in [0.1, 0.15) is 0 Å². The van der Waals surface area contributed by atoms with Gasteiger partial charge in [-0.15, -0.1) is 0 Å². The molecule has 96 valence electrons. The highest BCUT2D eigenvalue weighted by atomic mass is 16.3. The van der Waals surface area contributed by atoms with Crippen LogP contribution in [0.15, 0.2) is 12.3 Å². The van der Waals surface area contributed by atoms with Crippen molar-refractivity contribution in [3.8, 4) is 0 Å². The lowest BCUT2D eigenvalue weighted by Crippen LogP contribution is -2.15. The van der Waals surface area contributed by atoms with Crippen LogP contribution in [0.1, 0.15) is 50.6 Å². The number of aromatic nitrogens is 2. The van der Waals surface area contributed by atoms with Crippen LogP contribution in [0.4, 0.5) is 0 Å². The molecule has 1 aromatic heterocycles. The third-order valence-corrected chi connectivity index (χ3v) is 3.85. The monoisotopic (exact) mass is 236 g/mol. The highest BCUT2D eigenvalue weighted by Crippen LogP contribution is 2.27. The molecule has 1 atom stereocenters. The van der Waals surface area contributed by atoms with Crippen LogP contribution < -0.4 is 0 Å². The molecular weight excluding hydrogens is 212 g/mol. The molecule has 0 radical (unpaired) electrons. The van der Waals surface area contributed by atoms with E-state index < -0.39 is 0 Å². The predicted molar refractivity (Wildman–Crippen MR) is 68.7 cm³/mol. The summed E-state index contributed by atoms with van der Waals surface area (Å²) in [6, 6.07) is 1.99. The number of hydrogen-bond donors (Lipinski definition) is 1. The molecule has 2 rings (SSSR count). The van der Waals surface area contributed by atoms with E-state index in [-0.39, 0.29) is 6.10 Å². The Balaban J connectivity index is 1.68. The first-order chi connectivity index (χ1) is 8.24. The van der Waals surface area contributed by atoms with Gasteiger partial charge >= 0.3 is 0 Å². The summed E-state index contributed by atoms with van der Waals surface area (Å²) in [5.74, 6) is 0.863. The molecule has 0 aromatic carbocycles. The van der Waals surface area contributed by atoms with Crippen molar-refractivity contribution in [1.29, 1.82) is 0 Å². The van der Waals surface area contributed by atoms with Gasteiger partial charge in [-0.25, -0.2) is 0 Å². The fourth-order valence-corrected chi connectivity index (χ4v) is 2.82. The van der Waals surface area contributed by atoms with Crippen molar-refractivity contribution in [3.05, 3.63) is 18.0 Å². The van der Waals surface area contributed by atoms with Gasteiger partial charge in [0.15, 0.2) is 0 Å². The minimum absolute atomic E-state index is 0.216. The van der Waals surface area contributed by atoms with Gasteiger partial charge in [-0.3, -0.25) is 4.68 Å². The van der Waals surface area contributed by atoms with Crippen molar-refractivity contribution < 1.29 is 5.11 Å². The summed E-state index contributed by atoms with van der Waals surface area (Å²) >= 11 is 0. The van der Waals surface area contributed by atoms with E-state index in [9.17, 15) is 5.11 Å². The molecule has 0 bridgehead atoms. The summed E-state index contributed by atoms with van der Waals surface area (Å²) < 4.78 is 1.79. The van der Waals surface area contributed by atoms with Crippen LogP contribution in [0.25, 0.3) is 0 Å². The Morgan fingerprint density at radius 1 is 1.41 bits per heavy atom. The van der Waals surface area contributed by atoms with E-state index in [0.29, 0.717) is 6.42 Å². The van der Waals surface area contributed by atoms with Gasteiger partial charge in [0.05, 0.1) is 11.8 Å². The summed E-state index contributed by atoms with van der Waals surface area (Å²) in [7, 11) is 1.91. The van der Waals surface area contributed by atoms with Crippen molar-refractivity contribution in [1.82, 2.24) is 9.78 Å². The average molecular weight is 236 g/mol. The van der Waals surface area contributed by atoms with Crippen LogP contribution in [0.5, 0.6) is 0 Å². The van der Waals surface area contributed by atoms with Crippen LogP contribution in [-0.2, 0) is 13.5 Å². The largest absolute Gasteiger partial charge is 0.393 e. The number of rotatable bonds is 5. The second-order valence-electron chi connectivity index (χ2n) is 5.42. The molecule has 1 saturated carbocycles. The molecule has 3 heteroatoms. The molecule has 0 saturated heterocycles. The molecule has 1 unspecified atom stereocenters. The number of aliphatic hydroxyl groups is 1. The lowest BCUT2D eigenvalue weighted by Gasteiger charge is -2.22. The Kier molecular flexibility index (Phi) is 4.60. The summed E-state index contributed by atoms with van der Waals surface area (Å²) in [6.07, 6.45) is 11.5. The van der Waals surface area contributed by atoms with Gasteiger partial charge in [-0.2, -0.15) is 5.10 Å². The highest BCUT2D eigenvalue weighted by molar-refractivity contribution is 5.00. The predicted octanol–water partition coefficient (Wildman–Crippen LogP) is 2.68. The Morgan fingerprint density at radius 2 is 2.18 bits per heavy atom. The van der Waals surface area contributed by atoms with Gasteiger partial charge in [-0.05, 0) is 24.8 Å². The average Bonchev–Trinajstić information content (AvgIpc) is 2.73. The van der Waals surface area contributed by atoms with Crippen molar-refractivity contribution in [3.63, 3.8) is 0 Å². The minimum Gasteiger partial charge on any atom is -0.393 e. The number of hydrogen-bond acceptors (Lipinski definition) is 2. The Labute approximate surface area is 104 Å². The van der Waals surface area contributed by atoms with Gasteiger partial charge in [0.2, 0.25) is 0 Å². The maximum atomic E-state index is 9.99. The van der Waals surface area contributed by atoms with E-state index in [4.69, 9.17) is 0 Å². The summed E-state index contributed by atoms with van der Waals surface area (Å²) in [5, 5.41) is 14.3. The molecule has 0 amide bonds. The quantitative estimate of drug-likeness (QED) is 0.853. The molecule has 1 N–H and O–H groups in total. The van der Waals surface area contributed by atoms with Crippen LogP contribution in [0.2, 0.25) is 0 Å². The molecule has 0 aliphatic heterocycles. The Morgan fingerprint density at radius 3 is 2.82 bits per heavy atom. The van der Waals surface area contributed by atoms with Crippen molar-refractivity contribution >= 4 is 0 Å². The fourth-order valence-electron chi connectivity index (χ4n) is 2.82. The Hall–Kier alpha value is -0.830. The third-order valence-electron chi connectivity index (χ3n) is 3.85. The second-order valence-corrected chi connectivity index (χ2v) is 5.42. The molecule has 1 fully saturated rings. The summed E-state index contributed by atoms with van der Waals surface area (Å²) in [5.41, 5.74) is 1.00. The number of aryl methyl sites for hydroxylation is 1. The van der Waals surface area contributed by atoms with E-state index in [2.05, 4.69) is 5.10 Å². The number of aliphatic hydroxyl groups excluding tert-OH is 1. The molecule has 17 heavy (non-hydrogen) atoms. The van der Waals surface area contributed by atoms with Crippen LogP contribution >= 0.6 is 0 Å². The number of nitrogens with zero attached hydrogens (tertiary/aromatic N) is 2. The Bertz CT molecular complexity index is 329. The van der Waals surface area contributed by atoms with E-state index in [1.165, 1.54) is 38.5 Å². The molecule has 1 aromatic rings. The first kappa shape index (κ1) is 12.6. The normalized spacial score (nSPS) is 19.4. The van der Waals surface area contributed by atoms with Crippen molar-refractivity contribution in [2.45, 2.75) is 57.5 Å². The van der Waals surface area contributed by atoms with E-state index in [1.54, 1.807) is 4.68 Å². The molecule has 3 nitrogen and oxygen atoms in total. The first-order valence-electron chi connectivity index (χ1n) is 6.90. The minimum atomic E-state index is -0.216. The van der Waals surface area contributed by atoms with Crippen LogP contribution in [-0.4, -0.2) is 21.0 Å². The van der Waals surface area contributed by atoms with E-state index in [0.717, 1.165) is 18.0 Å². The molecule has 0 spiro atoms. The van der Waals surface area contributed by atoms with E-state index in [1.807, 2.05) is 19.3 Å².